The third-order valence-electron chi connectivity index (χ3n) is 8.27. The van der Waals surface area contributed by atoms with Crippen molar-refractivity contribution in [3.05, 3.63) is 101 Å². The summed E-state index contributed by atoms with van der Waals surface area (Å²) >= 11 is 0. The Morgan fingerprint density at radius 2 is 1.84 bits per heavy atom. The zero-order valence-corrected chi connectivity index (χ0v) is 24.5. The van der Waals surface area contributed by atoms with Gasteiger partial charge in [0.1, 0.15) is 17.4 Å². The van der Waals surface area contributed by atoms with Crippen LogP contribution in [0.5, 0.6) is 11.5 Å². The third-order valence-corrected chi connectivity index (χ3v) is 8.27. The number of ether oxygens (including phenoxy) is 3. The van der Waals surface area contributed by atoms with E-state index in [1.165, 1.54) is 37.6 Å². The Labute approximate surface area is 252 Å². The maximum atomic E-state index is 15.2. The van der Waals surface area contributed by atoms with Crippen LogP contribution >= 0.6 is 0 Å². The van der Waals surface area contributed by atoms with Crippen LogP contribution in [0.2, 0.25) is 0 Å². The molecule has 1 saturated heterocycles. The molecule has 3 heterocycles. The SMILES string of the molecule is COC(=O)CCc1cccc(C2(c3cnc(-c4cc(Oc5c(F)cc6[nH]ccc6c5F)ccc4F)[nH]3)CC(C)OC(C)C2)c1. The van der Waals surface area contributed by atoms with E-state index in [9.17, 15) is 9.18 Å². The van der Waals surface area contributed by atoms with Crippen LogP contribution in [0.3, 0.4) is 0 Å². The second-order valence-electron chi connectivity index (χ2n) is 11.4. The van der Waals surface area contributed by atoms with Crippen molar-refractivity contribution in [2.45, 2.75) is 57.2 Å². The summed E-state index contributed by atoms with van der Waals surface area (Å²) in [5.41, 5.74) is 2.65. The molecule has 6 rings (SSSR count). The van der Waals surface area contributed by atoms with Crippen LogP contribution < -0.4 is 4.74 Å². The number of aromatic amines is 2. The second kappa shape index (κ2) is 11.8. The van der Waals surface area contributed by atoms with Crippen molar-refractivity contribution >= 4 is 16.9 Å². The molecule has 1 aliphatic heterocycles. The van der Waals surface area contributed by atoms with Crippen molar-refractivity contribution in [3.8, 4) is 22.9 Å². The van der Waals surface area contributed by atoms with E-state index in [4.69, 9.17) is 14.2 Å². The lowest BCUT2D eigenvalue weighted by Crippen LogP contribution is -2.42. The van der Waals surface area contributed by atoms with E-state index in [0.717, 1.165) is 22.9 Å². The molecule has 0 aliphatic carbocycles. The van der Waals surface area contributed by atoms with Crippen molar-refractivity contribution in [1.82, 2.24) is 15.0 Å². The Kier molecular flexibility index (Phi) is 7.94. The standard InChI is InChI=1S/C34H32F3N3O4/c1-19-16-34(17-20(2)43-19,22-6-4-5-21(13-22)7-10-30(41)42-3)29-18-39-33(40-29)25-14-23(8-9-26(25)35)44-32-27(36)15-28-24(31(32)37)11-12-38-28/h4-6,8-9,11-15,18-20,38H,7,10,16-17H2,1-3H3,(H,39,40). The number of hydrogen-bond donors (Lipinski definition) is 2. The Morgan fingerprint density at radius 1 is 1.05 bits per heavy atom. The Hall–Kier alpha value is -4.57. The molecule has 44 heavy (non-hydrogen) atoms. The number of rotatable bonds is 8. The molecule has 1 aliphatic rings. The van der Waals surface area contributed by atoms with Crippen molar-refractivity contribution in [2.75, 3.05) is 7.11 Å². The minimum atomic E-state index is -0.887. The topological polar surface area (TPSA) is 89.2 Å². The summed E-state index contributed by atoms with van der Waals surface area (Å²) in [6, 6.07) is 14.6. The van der Waals surface area contributed by atoms with Gasteiger partial charge in [0, 0.05) is 41.4 Å². The van der Waals surface area contributed by atoms with Crippen molar-refractivity contribution in [2.24, 2.45) is 0 Å². The van der Waals surface area contributed by atoms with Crippen LogP contribution in [0.25, 0.3) is 22.3 Å². The molecule has 1 fully saturated rings. The van der Waals surface area contributed by atoms with Crippen molar-refractivity contribution in [1.29, 1.82) is 0 Å². The monoisotopic (exact) mass is 603 g/mol. The van der Waals surface area contributed by atoms with Gasteiger partial charge < -0.3 is 24.2 Å². The highest BCUT2D eigenvalue weighted by molar-refractivity contribution is 5.82. The van der Waals surface area contributed by atoms with Crippen LogP contribution in [-0.4, -0.2) is 40.2 Å². The van der Waals surface area contributed by atoms with E-state index in [0.29, 0.717) is 24.8 Å². The number of benzene rings is 3. The van der Waals surface area contributed by atoms with Gasteiger partial charge in [0.05, 0.1) is 30.4 Å². The van der Waals surface area contributed by atoms with Gasteiger partial charge in [0.15, 0.2) is 17.4 Å². The number of carbonyl (C=O) groups excluding carboxylic acids is 1. The zero-order chi connectivity index (χ0) is 31.0. The average Bonchev–Trinajstić information content (AvgIpc) is 3.69. The third kappa shape index (κ3) is 5.57. The van der Waals surface area contributed by atoms with E-state index >= 15 is 8.78 Å². The Morgan fingerprint density at radius 3 is 2.61 bits per heavy atom. The second-order valence-corrected chi connectivity index (χ2v) is 11.4. The first-order chi connectivity index (χ1) is 21.2. The van der Waals surface area contributed by atoms with E-state index in [1.54, 1.807) is 6.20 Å². The molecular formula is C34H32F3N3O4. The highest BCUT2D eigenvalue weighted by Crippen LogP contribution is 2.45. The predicted octanol–water partition coefficient (Wildman–Crippen LogP) is 7.75. The van der Waals surface area contributed by atoms with Gasteiger partial charge in [-0.2, -0.15) is 0 Å². The van der Waals surface area contributed by atoms with Gasteiger partial charge in [0.25, 0.3) is 0 Å². The fraction of sp³-hybridized carbons (Fsp3) is 0.294. The molecule has 0 amide bonds. The summed E-state index contributed by atoms with van der Waals surface area (Å²) in [7, 11) is 1.37. The van der Waals surface area contributed by atoms with E-state index in [-0.39, 0.29) is 47.1 Å². The summed E-state index contributed by atoms with van der Waals surface area (Å²) in [5, 5.41) is 0.180. The first kappa shape index (κ1) is 29.5. The quantitative estimate of drug-likeness (QED) is 0.177. The Bertz CT molecular complexity index is 1820. The fourth-order valence-electron chi connectivity index (χ4n) is 6.32. The van der Waals surface area contributed by atoms with Crippen molar-refractivity contribution < 1.29 is 32.2 Å². The lowest BCUT2D eigenvalue weighted by Gasteiger charge is -2.43. The lowest BCUT2D eigenvalue weighted by molar-refractivity contribution is -0.140. The minimum absolute atomic E-state index is 0.0494. The molecule has 3 aromatic carbocycles. The lowest BCUT2D eigenvalue weighted by atomic mass is 9.68. The summed E-state index contributed by atoms with van der Waals surface area (Å²) in [5.74, 6) is -2.88. The van der Waals surface area contributed by atoms with Crippen LogP contribution in [0.4, 0.5) is 13.2 Å². The molecule has 10 heteroatoms. The number of H-pyrrole nitrogens is 2. The Balaban J connectivity index is 1.36. The van der Waals surface area contributed by atoms with Gasteiger partial charge in [-0.1, -0.05) is 24.3 Å². The van der Waals surface area contributed by atoms with Gasteiger partial charge in [-0.15, -0.1) is 0 Å². The number of aryl methyl sites for hydroxylation is 1. The van der Waals surface area contributed by atoms with Crippen LogP contribution in [0.15, 0.2) is 67.0 Å². The van der Waals surface area contributed by atoms with Crippen molar-refractivity contribution in [3.63, 3.8) is 0 Å². The van der Waals surface area contributed by atoms with Crippen LogP contribution in [-0.2, 0) is 26.1 Å². The highest BCUT2D eigenvalue weighted by atomic mass is 19.1. The molecule has 5 aromatic rings. The van der Waals surface area contributed by atoms with E-state index in [2.05, 4.69) is 21.0 Å². The van der Waals surface area contributed by atoms with Crippen LogP contribution in [0, 0.1) is 17.5 Å². The molecule has 0 radical (unpaired) electrons. The first-order valence-corrected chi connectivity index (χ1v) is 14.5. The van der Waals surface area contributed by atoms with Gasteiger partial charge in [-0.05, 0) is 68.5 Å². The maximum Gasteiger partial charge on any atom is 0.305 e. The predicted molar refractivity (Wildman–Crippen MR) is 159 cm³/mol. The zero-order valence-electron chi connectivity index (χ0n) is 24.5. The number of aromatic nitrogens is 3. The normalized spacial score (nSPS) is 20.1. The molecule has 2 aromatic heterocycles. The summed E-state index contributed by atoms with van der Waals surface area (Å²) in [4.78, 5) is 22.4. The number of nitrogens with one attached hydrogen (secondary N) is 2. The first-order valence-electron chi connectivity index (χ1n) is 14.5. The van der Waals surface area contributed by atoms with E-state index in [1.807, 2.05) is 32.0 Å². The number of methoxy groups -OCH3 is 1. The number of imidazole rings is 1. The molecule has 228 valence electrons. The fourth-order valence-corrected chi connectivity index (χ4v) is 6.32. The number of fused-ring (bicyclic) bond motifs is 1. The molecule has 0 saturated carbocycles. The van der Waals surface area contributed by atoms with Gasteiger partial charge >= 0.3 is 5.97 Å². The molecule has 2 N–H and O–H groups in total. The molecule has 7 nitrogen and oxygen atoms in total. The number of carbonyl (C=O) groups is 1. The smallest absolute Gasteiger partial charge is 0.305 e. The molecule has 0 bridgehead atoms. The number of esters is 1. The van der Waals surface area contributed by atoms with Gasteiger partial charge in [0.2, 0.25) is 0 Å². The summed E-state index contributed by atoms with van der Waals surface area (Å²) in [6.07, 6.45) is 5.15. The molecule has 2 unspecified atom stereocenters. The number of halogens is 3. The average molecular weight is 604 g/mol. The number of hydrogen-bond acceptors (Lipinski definition) is 5. The molecular weight excluding hydrogens is 571 g/mol. The van der Waals surface area contributed by atoms with Gasteiger partial charge in [-0.25, -0.2) is 18.2 Å². The van der Waals surface area contributed by atoms with Crippen LogP contribution in [0.1, 0.15) is 49.9 Å². The van der Waals surface area contributed by atoms with Gasteiger partial charge in [-0.3, -0.25) is 4.79 Å². The highest BCUT2D eigenvalue weighted by Gasteiger charge is 2.43. The molecule has 0 spiro atoms. The minimum Gasteiger partial charge on any atom is -0.469 e. The largest absolute Gasteiger partial charge is 0.469 e. The summed E-state index contributed by atoms with van der Waals surface area (Å²) < 4.78 is 61.5. The summed E-state index contributed by atoms with van der Waals surface area (Å²) in [6.45, 7) is 4.04. The number of nitrogens with zero attached hydrogens (tertiary/aromatic N) is 1. The molecule has 2 atom stereocenters. The van der Waals surface area contributed by atoms with E-state index < -0.39 is 28.6 Å². The maximum absolute atomic E-state index is 15.2.